The zero-order valence-electron chi connectivity index (χ0n) is 3.02. The Balaban J connectivity index is -0.00000000500. The Kier molecular flexibility index (Phi) is 118. The molecule has 2 heteroatoms. The van der Waals surface area contributed by atoms with Gasteiger partial charge in [0, 0.05) is 51.2 Å². The first-order chi connectivity index (χ1) is 1.00. The molecule has 0 bridgehead atoms. The monoisotopic (exact) mass is 274 g/mol. The SMILES string of the molecule is CO.[Ac].[CH3-]. The third-order valence-electron chi connectivity index (χ3n) is 0. The van der Waals surface area contributed by atoms with Crippen molar-refractivity contribution in [3.05, 3.63) is 7.43 Å². The molecule has 0 heterocycles. The second-order valence-corrected chi connectivity index (χ2v) is 0. The molecule has 1 radical (unpaired) electrons. The normalized spacial score (nSPS) is 1.50. The number of aliphatic hydroxyl groups excluding tert-OH is 1. The molecule has 0 aromatic carbocycles. The summed E-state index contributed by atoms with van der Waals surface area (Å²) < 4.78 is 0. The average Bonchev–Trinajstić information content (AvgIpc) is 1.00. The summed E-state index contributed by atoms with van der Waals surface area (Å²) in [5.74, 6) is 0. The first-order valence-electron chi connectivity index (χ1n) is 0.447. The molecule has 0 aromatic heterocycles. The predicted molar refractivity (Wildman–Crippen MR) is 14.6 cm³/mol. The molecule has 1 N–H and O–H groups in total. The van der Waals surface area contributed by atoms with Crippen LogP contribution in [-0.2, 0) is 0 Å². The largest absolute Gasteiger partial charge is 0.400 e. The molecule has 25 valence electrons. The van der Waals surface area contributed by atoms with Crippen LogP contribution >= 0.6 is 0 Å². The number of hydrogen-bond donors (Lipinski definition) is 1. The van der Waals surface area contributed by atoms with E-state index in [0.717, 1.165) is 7.11 Å². The quantitative estimate of drug-likeness (QED) is 0.619. The maximum atomic E-state index is 7.00. The van der Waals surface area contributed by atoms with Crippen molar-refractivity contribution in [2.75, 3.05) is 7.11 Å². The molecular weight excluding hydrogens is 267 g/mol. The van der Waals surface area contributed by atoms with Gasteiger partial charge in [-0.25, -0.2) is 0 Å². The first-order valence-corrected chi connectivity index (χ1v) is 0.447. The van der Waals surface area contributed by atoms with Gasteiger partial charge in [0.1, 0.15) is 0 Å². The Labute approximate surface area is 63.0 Å². The fraction of sp³-hybridized carbons (Fsp3) is 0.500. The Morgan fingerprint density at radius 1 is 1.25 bits per heavy atom. The van der Waals surface area contributed by atoms with E-state index in [-0.39, 0.29) is 51.5 Å². The minimum Gasteiger partial charge on any atom is -0.400 e. The minimum absolute atomic E-state index is 0. The van der Waals surface area contributed by atoms with Crippen LogP contribution in [0.1, 0.15) is 0 Å². The Morgan fingerprint density at radius 3 is 1.25 bits per heavy atom. The summed E-state index contributed by atoms with van der Waals surface area (Å²) in [4.78, 5) is 0. The standard InChI is InChI=1S/CH4O.CH3.Ac/c1-2;;/h2H,1H3;1H3;/q;-1;. The maximum Gasteiger partial charge on any atom is 0.0319 e. The van der Waals surface area contributed by atoms with Crippen LogP contribution in [0.4, 0.5) is 0 Å². The van der Waals surface area contributed by atoms with Crippen LogP contribution in [0.2, 0.25) is 0 Å². The van der Waals surface area contributed by atoms with Gasteiger partial charge in [-0.3, -0.25) is 0 Å². The molecule has 0 saturated carbocycles. The molecule has 4 heavy (non-hydrogen) atoms. The molecule has 0 spiro atoms. The summed E-state index contributed by atoms with van der Waals surface area (Å²) >= 11 is 0. The van der Waals surface area contributed by atoms with Gasteiger partial charge in [0.25, 0.3) is 0 Å². The van der Waals surface area contributed by atoms with E-state index in [2.05, 4.69) is 0 Å². The molecule has 0 aromatic rings. The van der Waals surface area contributed by atoms with Gasteiger partial charge in [-0.15, -0.1) is 0 Å². The molecule has 1 nitrogen and oxygen atoms in total. The molecule has 0 rings (SSSR count). The van der Waals surface area contributed by atoms with Gasteiger partial charge in [0.05, 0.1) is 0 Å². The summed E-state index contributed by atoms with van der Waals surface area (Å²) in [5, 5.41) is 7.00. The summed E-state index contributed by atoms with van der Waals surface area (Å²) in [6, 6.07) is 0. The van der Waals surface area contributed by atoms with Gasteiger partial charge in [-0.1, -0.05) is 0 Å². The van der Waals surface area contributed by atoms with E-state index in [0.29, 0.717) is 0 Å². The first kappa shape index (κ1) is 18.1. The fourth-order valence-corrected chi connectivity index (χ4v) is 0. The summed E-state index contributed by atoms with van der Waals surface area (Å²) in [7, 11) is 1.00. The van der Waals surface area contributed by atoms with E-state index in [1.54, 1.807) is 0 Å². The van der Waals surface area contributed by atoms with Gasteiger partial charge in [0.2, 0.25) is 0 Å². The molecule has 0 unspecified atom stereocenters. The smallest absolute Gasteiger partial charge is 0.0319 e. The Bertz CT molecular complexity index is 6.00. The van der Waals surface area contributed by atoms with Crippen molar-refractivity contribution >= 4 is 0 Å². The van der Waals surface area contributed by atoms with Crippen molar-refractivity contribution in [1.29, 1.82) is 0 Å². The van der Waals surface area contributed by atoms with Crippen molar-refractivity contribution in [3.63, 3.8) is 0 Å². The van der Waals surface area contributed by atoms with Crippen LogP contribution in [0.15, 0.2) is 0 Å². The molecule has 0 aliphatic rings. The minimum atomic E-state index is 0. The number of hydrogen-bond acceptors (Lipinski definition) is 1. The summed E-state index contributed by atoms with van der Waals surface area (Å²) in [6.45, 7) is 0. The second-order valence-electron chi connectivity index (χ2n) is 0. The van der Waals surface area contributed by atoms with Gasteiger partial charge < -0.3 is 12.5 Å². The van der Waals surface area contributed by atoms with E-state index < -0.39 is 0 Å². The molecule has 0 fully saturated rings. The van der Waals surface area contributed by atoms with Crippen molar-refractivity contribution in [2.45, 2.75) is 0 Å². The zero-order valence-corrected chi connectivity index (χ0v) is 7.77. The van der Waals surface area contributed by atoms with Crippen LogP contribution in [0.3, 0.4) is 0 Å². The van der Waals surface area contributed by atoms with Crippen molar-refractivity contribution in [2.24, 2.45) is 0 Å². The molecule has 0 amide bonds. The van der Waals surface area contributed by atoms with Gasteiger partial charge in [-0.05, 0) is 0 Å². The number of rotatable bonds is 0. The van der Waals surface area contributed by atoms with E-state index in [4.69, 9.17) is 5.11 Å². The molecule has 0 atom stereocenters. The van der Waals surface area contributed by atoms with Crippen LogP contribution in [0.5, 0.6) is 0 Å². The zero-order chi connectivity index (χ0) is 2.00. The topological polar surface area (TPSA) is 20.2 Å². The van der Waals surface area contributed by atoms with Crippen LogP contribution < -0.4 is 0 Å². The van der Waals surface area contributed by atoms with Gasteiger partial charge in [0.15, 0.2) is 0 Å². The van der Waals surface area contributed by atoms with Crippen molar-refractivity contribution in [3.8, 4) is 0 Å². The fourth-order valence-electron chi connectivity index (χ4n) is 0. The predicted octanol–water partition coefficient (Wildman–Crippen LogP) is 0.0588. The molecule has 0 aliphatic heterocycles. The Hall–Kier alpha value is 1.40. The maximum absolute atomic E-state index is 7.00. The van der Waals surface area contributed by atoms with Crippen LogP contribution in [0.25, 0.3) is 0 Å². The van der Waals surface area contributed by atoms with E-state index in [1.165, 1.54) is 0 Å². The third kappa shape index (κ3) is 9.99. The second kappa shape index (κ2) is 25.9. The third-order valence-corrected chi connectivity index (χ3v) is 0. The number of aliphatic hydroxyl groups is 1. The van der Waals surface area contributed by atoms with Crippen molar-refractivity contribution < 1.29 is 49.2 Å². The van der Waals surface area contributed by atoms with Gasteiger partial charge in [-0.2, -0.15) is 0 Å². The summed E-state index contributed by atoms with van der Waals surface area (Å²) in [5.41, 5.74) is 0. The Morgan fingerprint density at radius 2 is 1.25 bits per heavy atom. The molecule has 0 aliphatic carbocycles. The van der Waals surface area contributed by atoms with Gasteiger partial charge >= 0.3 is 0 Å². The van der Waals surface area contributed by atoms with Crippen LogP contribution in [0, 0.1) is 51.5 Å². The van der Waals surface area contributed by atoms with E-state index >= 15 is 0 Å². The molecule has 0 saturated heterocycles. The average molecular weight is 274 g/mol. The summed E-state index contributed by atoms with van der Waals surface area (Å²) in [6.07, 6.45) is 0. The van der Waals surface area contributed by atoms with E-state index in [1.807, 2.05) is 0 Å². The van der Waals surface area contributed by atoms with Crippen molar-refractivity contribution in [1.82, 2.24) is 0 Å². The van der Waals surface area contributed by atoms with E-state index in [9.17, 15) is 0 Å². The van der Waals surface area contributed by atoms with Crippen LogP contribution in [-0.4, -0.2) is 12.2 Å². The molecular formula is C2H7AcO-.